The van der Waals surface area contributed by atoms with Crippen LogP contribution < -0.4 is 10.5 Å². The van der Waals surface area contributed by atoms with Gasteiger partial charge in [0.25, 0.3) is 0 Å². The van der Waals surface area contributed by atoms with Gasteiger partial charge in [0.05, 0.1) is 11.5 Å². The fraction of sp³-hybridized carbons (Fsp3) is 0.625. The minimum atomic E-state index is -3.41. The molecule has 6 heteroatoms. The Hall–Kier alpha value is -1.11. The minimum Gasteiger partial charge on any atom is -0.494 e. The molecule has 22 heavy (non-hydrogen) atoms. The first-order chi connectivity index (χ1) is 10.4. The lowest BCUT2D eigenvalue weighted by atomic mass is 10.1. The Morgan fingerprint density at radius 3 is 2.55 bits per heavy atom. The van der Waals surface area contributed by atoms with Gasteiger partial charge >= 0.3 is 0 Å². The van der Waals surface area contributed by atoms with E-state index < -0.39 is 10.0 Å². The van der Waals surface area contributed by atoms with E-state index in [1.54, 1.807) is 24.3 Å². The summed E-state index contributed by atoms with van der Waals surface area (Å²) in [6, 6.07) is 6.69. The summed E-state index contributed by atoms with van der Waals surface area (Å²) in [7, 11) is -3.41. The van der Waals surface area contributed by atoms with E-state index in [0.717, 1.165) is 12.8 Å². The standard InChI is InChI=1S/C16H26N2O3S/c1-13(2)8-10-21-15-3-5-16(6-4-15)22(19,20)18-9-7-14(11-17)12-18/h3-6,13-14H,7-12,17H2,1-2H3. The summed E-state index contributed by atoms with van der Waals surface area (Å²) < 4.78 is 32.3. The van der Waals surface area contributed by atoms with Gasteiger partial charge < -0.3 is 10.5 Å². The van der Waals surface area contributed by atoms with Crippen molar-refractivity contribution in [3.8, 4) is 5.75 Å². The highest BCUT2D eigenvalue weighted by molar-refractivity contribution is 7.89. The molecule has 124 valence electrons. The number of rotatable bonds is 7. The van der Waals surface area contributed by atoms with E-state index in [0.29, 0.717) is 42.8 Å². The van der Waals surface area contributed by atoms with E-state index in [1.165, 1.54) is 4.31 Å². The highest BCUT2D eigenvalue weighted by Crippen LogP contribution is 2.25. The average Bonchev–Trinajstić information content (AvgIpc) is 2.97. The average molecular weight is 326 g/mol. The molecule has 0 amide bonds. The normalized spacial score (nSPS) is 19.7. The first-order valence-electron chi connectivity index (χ1n) is 7.86. The molecule has 0 aromatic heterocycles. The zero-order valence-electron chi connectivity index (χ0n) is 13.4. The van der Waals surface area contributed by atoms with Crippen LogP contribution in [-0.4, -0.2) is 39.0 Å². The van der Waals surface area contributed by atoms with E-state index in [4.69, 9.17) is 10.5 Å². The second-order valence-corrected chi connectivity index (χ2v) is 8.19. The third-order valence-electron chi connectivity index (χ3n) is 4.01. The SMILES string of the molecule is CC(C)CCOc1ccc(S(=O)(=O)N2CCC(CN)C2)cc1. The number of hydrogen-bond donors (Lipinski definition) is 1. The van der Waals surface area contributed by atoms with Crippen LogP contribution in [-0.2, 0) is 10.0 Å². The molecule has 0 saturated carbocycles. The van der Waals surface area contributed by atoms with Gasteiger partial charge in [-0.05, 0) is 55.5 Å². The van der Waals surface area contributed by atoms with Crippen molar-refractivity contribution in [1.82, 2.24) is 4.31 Å². The molecule has 1 aromatic rings. The molecule has 1 aromatic carbocycles. The monoisotopic (exact) mass is 326 g/mol. The van der Waals surface area contributed by atoms with Gasteiger partial charge in [-0.2, -0.15) is 4.31 Å². The Kier molecular flexibility index (Phi) is 5.83. The van der Waals surface area contributed by atoms with Crippen LogP contribution in [0.1, 0.15) is 26.7 Å². The maximum atomic E-state index is 12.6. The Morgan fingerprint density at radius 1 is 1.32 bits per heavy atom. The van der Waals surface area contributed by atoms with Crippen molar-refractivity contribution in [2.45, 2.75) is 31.6 Å². The number of nitrogens with zero attached hydrogens (tertiary/aromatic N) is 1. The van der Waals surface area contributed by atoms with E-state index in [1.807, 2.05) is 0 Å². The highest BCUT2D eigenvalue weighted by Gasteiger charge is 2.31. The number of nitrogens with two attached hydrogens (primary N) is 1. The molecule has 2 rings (SSSR count). The summed E-state index contributed by atoms with van der Waals surface area (Å²) in [5, 5.41) is 0. The van der Waals surface area contributed by atoms with Crippen LogP contribution in [0.25, 0.3) is 0 Å². The molecule has 1 saturated heterocycles. The number of ether oxygens (including phenoxy) is 1. The van der Waals surface area contributed by atoms with Gasteiger partial charge in [0.2, 0.25) is 10.0 Å². The quantitative estimate of drug-likeness (QED) is 0.832. The molecule has 0 aliphatic carbocycles. The minimum absolute atomic E-state index is 0.272. The van der Waals surface area contributed by atoms with Crippen molar-refractivity contribution >= 4 is 10.0 Å². The van der Waals surface area contributed by atoms with Crippen molar-refractivity contribution < 1.29 is 13.2 Å². The largest absolute Gasteiger partial charge is 0.494 e. The van der Waals surface area contributed by atoms with E-state index in [2.05, 4.69) is 13.8 Å². The predicted octanol–water partition coefficient (Wildman–Crippen LogP) is 2.08. The molecular formula is C16H26N2O3S. The lowest BCUT2D eigenvalue weighted by Crippen LogP contribution is -2.30. The highest BCUT2D eigenvalue weighted by atomic mass is 32.2. The van der Waals surface area contributed by atoms with Crippen LogP contribution in [0.15, 0.2) is 29.2 Å². The maximum Gasteiger partial charge on any atom is 0.243 e. The summed E-state index contributed by atoms with van der Waals surface area (Å²) in [4.78, 5) is 0.321. The summed E-state index contributed by atoms with van der Waals surface area (Å²) in [6.45, 7) is 6.54. The van der Waals surface area contributed by atoms with Crippen molar-refractivity contribution in [3.63, 3.8) is 0 Å². The third kappa shape index (κ3) is 4.21. The van der Waals surface area contributed by atoms with E-state index >= 15 is 0 Å². The van der Waals surface area contributed by atoms with Gasteiger partial charge in [-0.25, -0.2) is 8.42 Å². The molecule has 5 nitrogen and oxygen atoms in total. The van der Waals surface area contributed by atoms with E-state index in [-0.39, 0.29) is 5.92 Å². The van der Waals surface area contributed by atoms with Crippen LogP contribution in [0.5, 0.6) is 5.75 Å². The fourth-order valence-corrected chi connectivity index (χ4v) is 4.01. The van der Waals surface area contributed by atoms with Crippen LogP contribution >= 0.6 is 0 Å². The first-order valence-corrected chi connectivity index (χ1v) is 9.30. The second kappa shape index (κ2) is 7.44. The number of sulfonamides is 1. The van der Waals surface area contributed by atoms with Crippen LogP contribution in [0.4, 0.5) is 0 Å². The summed E-state index contributed by atoms with van der Waals surface area (Å²) in [6.07, 6.45) is 1.82. The molecule has 1 aliphatic rings. The topological polar surface area (TPSA) is 72.6 Å². The fourth-order valence-electron chi connectivity index (χ4n) is 2.48. The molecule has 1 unspecified atom stereocenters. The zero-order chi connectivity index (χ0) is 16.2. The third-order valence-corrected chi connectivity index (χ3v) is 5.89. The lowest BCUT2D eigenvalue weighted by molar-refractivity contribution is 0.289. The number of benzene rings is 1. The Balaban J connectivity index is 2.00. The maximum absolute atomic E-state index is 12.6. The number of hydrogen-bond acceptors (Lipinski definition) is 4. The molecule has 2 N–H and O–H groups in total. The second-order valence-electron chi connectivity index (χ2n) is 6.26. The van der Waals surface area contributed by atoms with Gasteiger partial charge in [0.15, 0.2) is 0 Å². The molecule has 0 bridgehead atoms. The van der Waals surface area contributed by atoms with Gasteiger partial charge in [-0.15, -0.1) is 0 Å². The van der Waals surface area contributed by atoms with Crippen molar-refractivity contribution in [2.24, 2.45) is 17.6 Å². The molecule has 1 atom stereocenters. The Labute approximate surface area is 133 Å². The van der Waals surface area contributed by atoms with Gasteiger partial charge in [-0.3, -0.25) is 0 Å². The zero-order valence-corrected chi connectivity index (χ0v) is 14.2. The molecule has 0 spiro atoms. The molecule has 1 heterocycles. The van der Waals surface area contributed by atoms with Crippen molar-refractivity contribution in [3.05, 3.63) is 24.3 Å². The summed E-state index contributed by atoms with van der Waals surface area (Å²) in [5.74, 6) is 1.57. The Morgan fingerprint density at radius 2 is 2.00 bits per heavy atom. The lowest BCUT2D eigenvalue weighted by Gasteiger charge is -2.16. The molecule has 1 fully saturated rings. The molecular weight excluding hydrogens is 300 g/mol. The Bertz CT molecular complexity index is 570. The predicted molar refractivity (Wildman–Crippen MR) is 87.3 cm³/mol. The summed E-state index contributed by atoms with van der Waals surface area (Å²) >= 11 is 0. The van der Waals surface area contributed by atoms with Crippen molar-refractivity contribution in [2.75, 3.05) is 26.2 Å². The van der Waals surface area contributed by atoms with Crippen LogP contribution in [0, 0.1) is 11.8 Å². The molecule has 1 aliphatic heterocycles. The van der Waals surface area contributed by atoms with E-state index in [9.17, 15) is 8.42 Å². The summed E-state index contributed by atoms with van der Waals surface area (Å²) in [5.41, 5.74) is 5.63. The van der Waals surface area contributed by atoms with Gasteiger partial charge in [-0.1, -0.05) is 13.8 Å². The van der Waals surface area contributed by atoms with Crippen molar-refractivity contribution in [1.29, 1.82) is 0 Å². The smallest absolute Gasteiger partial charge is 0.243 e. The van der Waals surface area contributed by atoms with Gasteiger partial charge in [0, 0.05) is 13.1 Å². The van der Waals surface area contributed by atoms with Crippen LogP contribution in [0.2, 0.25) is 0 Å². The van der Waals surface area contributed by atoms with Gasteiger partial charge in [0.1, 0.15) is 5.75 Å². The molecule has 0 radical (unpaired) electrons. The van der Waals surface area contributed by atoms with Crippen LogP contribution in [0.3, 0.4) is 0 Å². The first kappa shape index (κ1) is 17.2.